The molecule has 0 saturated heterocycles. The van der Waals surface area contributed by atoms with E-state index in [4.69, 9.17) is 4.52 Å². The van der Waals surface area contributed by atoms with Gasteiger partial charge in [0.1, 0.15) is 11.8 Å². The Morgan fingerprint density at radius 2 is 2.00 bits per heavy atom. The van der Waals surface area contributed by atoms with Crippen LogP contribution in [0.4, 0.5) is 0 Å². The maximum Gasteiger partial charge on any atom is 0.167 e. The van der Waals surface area contributed by atoms with Gasteiger partial charge in [0, 0.05) is 47.2 Å². The summed E-state index contributed by atoms with van der Waals surface area (Å²) in [7, 11) is 0. The summed E-state index contributed by atoms with van der Waals surface area (Å²) in [6.07, 6.45) is 2.96. The fraction of sp³-hybridized carbons (Fsp3) is 0.238. The van der Waals surface area contributed by atoms with E-state index in [1.807, 2.05) is 36.5 Å². The molecule has 0 spiro atoms. The number of hydrogen-bond acceptors (Lipinski definition) is 7. The van der Waals surface area contributed by atoms with Crippen LogP contribution in [-0.2, 0) is 0 Å². The molecular formula is C21H22N4O2S. The molecule has 4 rings (SSSR count). The molecule has 4 aromatic rings. The summed E-state index contributed by atoms with van der Waals surface area (Å²) < 4.78 is 8.68. The third-order valence-electron chi connectivity index (χ3n) is 4.50. The van der Waals surface area contributed by atoms with Gasteiger partial charge in [-0.25, -0.2) is 0 Å². The average molecular weight is 395 g/mol. The van der Waals surface area contributed by atoms with Gasteiger partial charge in [0.2, 0.25) is 0 Å². The van der Waals surface area contributed by atoms with Crippen LogP contribution < -0.4 is 10.0 Å². The van der Waals surface area contributed by atoms with E-state index in [2.05, 4.69) is 45.3 Å². The Hall–Kier alpha value is -2.45. The number of pyridine rings is 1. The summed E-state index contributed by atoms with van der Waals surface area (Å²) in [4.78, 5) is 5.29. The van der Waals surface area contributed by atoms with Crippen LogP contribution in [0.1, 0.15) is 18.7 Å². The molecule has 1 unspecified atom stereocenters. The Labute approximate surface area is 167 Å². The van der Waals surface area contributed by atoms with E-state index >= 15 is 0 Å². The van der Waals surface area contributed by atoms with Crippen LogP contribution in [0.3, 0.4) is 0 Å². The van der Waals surface area contributed by atoms with Crippen LogP contribution in [0.15, 0.2) is 70.3 Å². The fourth-order valence-electron chi connectivity index (χ4n) is 3.01. The van der Waals surface area contributed by atoms with E-state index in [1.165, 1.54) is 5.39 Å². The van der Waals surface area contributed by atoms with Crippen LogP contribution in [0, 0.1) is 0 Å². The van der Waals surface area contributed by atoms with Gasteiger partial charge in [-0.1, -0.05) is 23.4 Å². The number of aromatic nitrogens is 2. The number of nitrogens with one attached hydrogen (secondary N) is 2. The summed E-state index contributed by atoms with van der Waals surface area (Å²) in [6.45, 7) is 3.23. The zero-order chi connectivity index (χ0) is 19.3. The van der Waals surface area contributed by atoms with Gasteiger partial charge in [0.25, 0.3) is 0 Å². The van der Waals surface area contributed by atoms with Gasteiger partial charge in [0.15, 0.2) is 5.58 Å². The first kappa shape index (κ1) is 18.9. The van der Waals surface area contributed by atoms with Crippen molar-refractivity contribution in [2.75, 3.05) is 13.1 Å². The van der Waals surface area contributed by atoms with Crippen molar-refractivity contribution in [3.63, 3.8) is 0 Å². The van der Waals surface area contributed by atoms with Crippen LogP contribution in [0.2, 0.25) is 0 Å². The first-order valence-corrected chi connectivity index (χ1v) is 10.0. The maximum absolute atomic E-state index is 10.4. The molecule has 0 saturated carbocycles. The number of hydrogen-bond donors (Lipinski definition) is 3. The number of rotatable bonds is 8. The van der Waals surface area contributed by atoms with E-state index in [0.717, 1.165) is 22.2 Å². The summed E-state index contributed by atoms with van der Waals surface area (Å²) in [6, 6.07) is 16.1. The third kappa shape index (κ3) is 4.34. The maximum atomic E-state index is 10.4. The Morgan fingerprint density at radius 1 is 1.11 bits per heavy atom. The third-order valence-corrected chi connectivity index (χ3v) is 5.51. The molecule has 3 N–H and O–H groups in total. The van der Waals surface area contributed by atoms with Gasteiger partial charge in [0.05, 0.1) is 0 Å². The lowest BCUT2D eigenvalue weighted by atomic mass is 10.1. The van der Waals surface area contributed by atoms with Crippen molar-refractivity contribution in [3.05, 3.63) is 66.6 Å². The second-order valence-electron chi connectivity index (χ2n) is 6.74. The molecule has 0 aliphatic carbocycles. The molecule has 0 aliphatic heterocycles. The molecule has 0 bridgehead atoms. The van der Waals surface area contributed by atoms with Crippen molar-refractivity contribution in [3.8, 4) is 0 Å². The molecule has 28 heavy (non-hydrogen) atoms. The minimum atomic E-state index is -0.711. The average Bonchev–Trinajstić information content (AvgIpc) is 3.16. The topological polar surface area (TPSA) is 83.2 Å². The molecule has 0 radical (unpaired) electrons. The smallest absolute Gasteiger partial charge is 0.167 e. The van der Waals surface area contributed by atoms with Crippen molar-refractivity contribution in [2.45, 2.75) is 24.0 Å². The molecule has 2 atom stereocenters. The largest absolute Gasteiger partial charge is 0.385 e. The van der Waals surface area contributed by atoms with Gasteiger partial charge in [-0.15, -0.1) is 0 Å². The van der Waals surface area contributed by atoms with Crippen molar-refractivity contribution in [2.24, 2.45) is 0 Å². The van der Waals surface area contributed by atoms with E-state index < -0.39 is 6.10 Å². The van der Waals surface area contributed by atoms with Gasteiger partial charge < -0.3 is 14.9 Å². The Balaban J connectivity index is 1.25. The zero-order valence-corrected chi connectivity index (χ0v) is 16.3. The molecule has 7 heteroatoms. The summed E-state index contributed by atoms with van der Waals surface area (Å²) in [5, 5.41) is 20.9. The zero-order valence-electron chi connectivity index (χ0n) is 15.5. The Morgan fingerprint density at radius 3 is 2.93 bits per heavy atom. The standard InChI is InChI=1S/C21H22N4O2S/c1-14(25-28-17-7-6-16-12-22-9-8-15(16)10-17)11-23-13-19(26)21-18-4-2-3-5-20(18)27-24-21/h2-10,12,14,19,23,25-26H,11,13H2,1H3/t14-,19?/m1/s1. The van der Waals surface area contributed by atoms with Crippen molar-refractivity contribution in [1.29, 1.82) is 0 Å². The molecular weight excluding hydrogens is 372 g/mol. The second kappa shape index (κ2) is 8.70. The molecule has 6 nitrogen and oxygen atoms in total. The first-order chi connectivity index (χ1) is 13.7. The number of aliphatic hydroxyl groups excluding tert-OH is 1. The highest BCUT2D eigenvalue weighted by Crippen LogP contribution is 2.23. The van der Waals surface area contributed by atoms with E-state index in [9.17, 15) is 5.11 Å². The predicted octanol–water partition coefficient (Wildman–Crippen LogP) is 3.68. The number of nitrogens with zero attached hydrogens (tertiary/aromatic N) is 2. The molecule has 144 valence electrons. The van der Waals surface area contributed by atoms with Gasteiger partial charge in [-0.2, -0.15) is 0 Å². The molecule has 0 amide bonds. The molecule has 2 aromatic heterocycles. The lowest BCUT2D eigenvalue weighted by Crippen LogP contribution is -2.34. The van der Waals surface area contributed by atoms with Crippen LogP contribution >= 0.6 is 11.9 Å². The molecule has 2 heterocycles. The number of fused-ring (bicyclic) bond motifs is 2. The van der Waals surface area contributed by atoms with Crippen LogP contribution in [0.25, 0.3) is 21.7 Å². The minimum Gasteiger partial charge on any atom is -0.385 e. The number of aliphatic hydroxyl groups is 1. The van der Waals surface area contributed by atoms with Crippen molar-refractivity contribution in [1.82, 2.24) is 20.2 Å². The Kier molecular flexibility index (Phi) is 5.87. The lowest BCUT2D eigenvalue weighted by molar-refractivity contribution is 0.166. The van der Waals surface area contributed by atoms with Gasteiger partial charge >= 0.3 is 0 Å². The highest BCUT2D eigenvalue weighted by molar-refractivity contribution is 7.97. The molecule has 2 aromatic carbocycles. The molecule has 0 fully saturated rings. The number of benzene rings is 2. The number of para-hydroxylation sites is 1. The predicted molar refractivity (Wildman–Crippen MR) is 112 cm³/mol. The minimum absolute atomic E-state index is 0.222. The van der Waals surface area contributed by atoms with Crippen LogP contribution in [-0.4, -0.2) is 34.4 Å². The van der Waals surface area contributed by atoms with Gasteiger partial charge in [-0.05, 0) is 54.6 Å². The highest BCUT2D eigenvalue weighted by Gasteiger charge is 2.16. The Bertz CT molecular complexity index is 1070. The van der Waals surface area contributed by atoms with Crippen molar-refractivity contribution >= 4 is 33.7 Å². The summed E-state index contributed by atoms with van der Waals surface area (Å²) in [5.41, 5.74) is 1.26. The monoisotopic (exact) mass is 394 g/mol. The van der Waals surface area contributed by atoms with E-state index in [1.54, 1.807) is 18.1 Å². The quantitative estimate of drug-likeness (QED) is 0.393. The normalized spacial score (nSPS) is 13.8. The second-order valence-corrected chi connectivity index (χ2v) is 7.65. The summed E-state index contributed by atoms with van der Waals surface area (Å²) in [5.74, 6) is 0. The van der Waals surface area contributed by atoms with Gasteiger partial charge in [-0.3, -0.25) is 9.71 Å². The fourth-order valence-corrected chi connectivity index (χ4v) is 3.76. The van der Waals surface area contributed by atoms with Crippen molar-refractivity contribution < 1.29 is 9.63 Å². The van der Waals surface area contributed by atoms with Crippen LogP contribution in [0.5, 0.6) is 0 Å². The lowest BCUT2D eigenvalue weighted by Gasteiger charge is -2.15. The van der Waals surface area contributed by atoms with E-state index in [0.29, 0.717) is 17.8 Å². The molecule has 0 aliphatic rings. The SMILES string of the molecule is C[C@H](CNCC(O)c1noc2ccccc12)NSc1ccc2cnccc2c1. The highest BCUT2D eigenvalue weighted by atomic mass is 32.2. The first-order valence-electron chi connectivity index (χ1n) is 9.20. The summed E-state index contributed by atoms with van der Waals surface area (Å²) >= 11 is 1.60. The van der Waals surface area contributed by atoms with E-state index in [-0.39, 0.29) is 6.04 Å².